The van der Waals surface area contributed by atoms with E-state index in [1.807, 2.05) is 19.1 Å². The number of amides is 1. The molecule has 2 aromatic rings. The van der Waals surface area contributed by atoms with E-state index < -0.39 is 5.91 Å². The van der Waals surface area contributed by atoms with Crippen molar-refractivity contribution in [3.05, 3.63) is 52.5 Å². The fourth-order valence-corrected chi connectivity index (χ4v) is 1.86. The van der Waals surface area contributed by atoms with Crippen molar-refractivity contribution in [2.75, 3.05) is 11.1 Å². The monoisotopic (exact) mass is 275 g/mol. The first kappa shape index (κ1) is 13.2. The zero-order valence-corrected chi connectivity index (χ0v) is 11.2. The van der Waals surface area contributed by atoms with E-state index in [1.54, 1.807) is 24.3 Å². The van der Waals surface area contributed by atoms with Gasteiger partial charge in [0.25, 0.3) is 0 Å². The molecule has 1 amide bonds. The average molecular weight is 276 g/mol. The molecule has 0 bridgehead atoms. The molecule has 0 fully saturated rings. The average Bonchev–Trinajstić information content (AvgIpc) is 2.36. The minimum absolute atomic E-state index is 0.399. The molecule has 0 heterocycles. The molecule has 0 saturated carbocycles. The lowest BCUT2D eigenvalue weighted by Crippen LogP contribution is -2.11. The Balaban J connectivity index is 2.40. The van der Waals surface area contributed by atoms with Crippen LogP contribution in [0, 0.1) is 6.92 Å². The Morgan fingerprint density at radius 1 is 1.16 bits per heavy atom. The second-order valence-electron chi connectivity index (χ2n) is 4.25. The first-order valence-electron chi connectivity index (χ1n) is 5.70. The van der Waals surface area contributed by atoms with Crippen molar-refractivity contribution in [3.63, 3.8) is 0 Å². The summed E-state index contributed by atoms with van der Waals surface area (Å²) in [6.07, 6.45) is 0. The summed E-state index contributed by atoms with van der Waals surface area (Å²) in [5.74, 6) is -0.495. The Morgan fingerprint density at radius 2 is 1.89 bits per heavy atom. The lowest BCUT2D eigenvalue weighted by molar-refractivity contribution is 0.100. The molecule has 19 heavy (non-hydrogen) atoms. The highest BCUT2D eigenvalue weighted by molar-refractivity contribution is 6.30. The number of hydrogen-bond acceptors (Lipinski definition) is 3. The van der Waals surface area contributed by atoms with Gasteiger partial charge in [0.05, 0.1) is 11.4 Å². The third-order valence-electron chi connectivity index (χ3n) is 2.81. The van der Waals surface area contributed by atoms with E-state index in [-0.39, 0.29) is 0 Å². The second kappa shape index (κ2) is 5.20. The Labute approximate surface area is 116 Å². The van der Waals surface area contributed by atoms with Crippen LogP contribution in [-0.2, 0) is 0 Å². The van der Waals surface area contributed by atoms with Crippen molar-refractivity contribution in [1.82, 2.24) is 0 Å². The van der Waals surface area contributed by atoms with E-state index in [4.69, 9.17) is 23.1 Å². The SMILES string of the molecule is Cc1ccc(Cl)cc1Nc1cc(C(N)=O)ccc1N. The maximum atomic E-state index is 11.2. The van der Waals surface area contributed by atoms with Crippen LogP contribution in [0.2, 0.25) is 5.02 Å². The van der Waals surface area contributed by atoms with Crippen LogP contribution in [0.1, 0.15) is 15.9 Å². The van der Waals surface area contributed by atoms with E-state index >= 15 is 0 Å². The maximum Gasteiger partial charge on any atom is 0.248 e. The second-order valence-corrected chi connectivity index (χ2v) is 4.69. The Kier molecular flexibility index (Phi) is 3.62. The van der Waals surface area contributed by atoms with Gasteiger partial charge in [-0.25, -0.2) is 0 Å². The number of halogens is 1. The van der Waals surface area contributed by atoms with Gasteiger partial charge >= 0.3 is 0 Å². The highest BCUT2D eigenvalue weighted by Gasteiger charge is 2.07. The van der Waals surface area contributed by atoms with Gasteiger partial charge in [-0.15, -0.1) is 0 Å². The van der Waals surface area contributed by atoms with Gasteiger partial charge in [0.15, 0.2) is 0 Å². The summed E-state index contributed by atoms with van der Waals surface area (Å²) in [6.45, 7) is 1.95. The van der Waals surface area contributed by atoms with Gasteiger partial charge in [0.1, 0.15) is 0 Å². The van der Waals surface area contributed by atoms with Crippen molar-refractivity contribution in [1.29, 1.82) is 0 Å². The van der Waals surface area contributed by atoms with E-state index in [2.05, 4.69) is 5.32 Å². The molecule has 0 atom stereocenters. The molecule has 0 aromatic heterocycles. The first-order valence-corrected chi connectivity index (χ1v) is 6.07. The number of hydrogen-bond donors (Lipinski definition) is 3. The van der Waals surface area contributed by atoms with E-state index in [0.717, 1.165) is 11.3 Å². The molecule has 0 radical (unpaired) electrons. The van der Waals surface area contributed by atoms with Crippen LogP contribution >= 0.6 is 11.6 Å². The van der Waals surface area contributed by atoms with Crippen LogP contribution in [0.3, 0.4) is 0 Å². The molecule has 0 unspecified atom stereocenters. The zero-order chi connectivity index (χ0) is 14.0. The van der Waals surface area contributed by atoms with E-state index in [0.29, 0.717) is 22.0 Å². The van der Waals surface area contributed by atoms with Gasteiger partial charge in [0.2, 0.25) is 5.91 Å². The molecule has 0 aliphatic rings. The van der Waals surface area contributed by atoms with Gasteiger partial charge in [-0.05, 0) is 42.8 Å². The van der Waals surface area contributed by atoms with E-state index in [1.165, 1.54) is 0 Å². The summed E-state index contributed by atoms with van der Waals surface area (Å²) in [5.41, 5.74) is 14.5. The smallest absolute Gasteiger partial charge is 0.248 e. The van der Waals surface area contributed by atoms with Gasteiger partial charge in [-0.2, -0.15) is 0 Å². The highest BCUT2D eigenvalue weighted by atomic mass is 35.5. The summed E-state index contributed by atoms with van der Waals surface area (Å²) in [4.78, 5) is 11.2. The number of nitrogens with two attached hydrogens (primary N) is 2. The summed E-state index contributed by atoms with van der Waals surface area (Å²) < 4.78 is 0. The molecular weight excluding hydrogens is 262 g/mol. The first-order chi connectivity index (χ1) is 8.97. The standard InChI is InChI=1S/C14H14ClN3O/c1-8-2-4-10(15)7-12(8)18-13-6-9(14(17)19)3-5-11(13)16/h2-7,18H,16H2,1H3,(H2,17,19). The molecule has 2 rings (SSSR count). The Bertz CT molecular complexity index is 641. The quantitative estimate of drug-likeness (QED) is 0.753. The molecule has 5 N–H and O–H groups in total. The topological polar surface area (TPSA) is 81.1 Å². The van der Waals surface area contributed by atoms with Crippen molar-refractivity contribution in [2.45, 2.75) is 6.92 Å². The van der Waals surface area contributed by atoms with Crippen LogP contribution in [0.5, 0.6) is 0 Å². The molecule has 5 heteroatoms. The van der Waals surface area contributed by atoms with Crippen LogP contribution < -0.4 is 16.8 Å². The lowest BCUT2D eigenvalue weighted by atomic mass is 10.1. The van der Waals surface area contributed by atoms with Gasteiger partial charge in [0, 0.05) is 16.3 Å². The third-order valence-corrected chi connectivity index (χ3v) is 3.04. The molecule has 98 valence electrons. The minimum Gasteiger partial charge on any atom is -0.397 e. The van der Waals surface area contributed by atoms with Gasteiger partial charge in [-0.1, -0.05) is 17.7 Å². The zero-order valence-electron chi connectivity index (χ0n) is 10.4. The molecular formula is C14H14ClN3O. The van der Waals surface area contributed by atoms with Crippen molar-refractivity contribution in [3.8, 4) is 0 Å². The summed E-state index contributed by atoms with van der Waals surface area (Å²) >= 11 is 5.96. The molecule has 0 aliphatic heterocycles. The molecule has 0 spiro atoms. The van der Waals surface area contributed by atoms with Crippen LogP contribution in [0.15, 0.2) is 36.4 Å². The number of aryl methyl sites for hydroxylation is 1. The largest absolute Gasteiger partial charge is 0.397 e. The van der Waals surface area contributed by atoms with E-state index in [9.17, 15) is 4.79 Å². The predicted octanol–water partition coefficient (Wildman–Crippen LogP) is 3.07. The summed E-state index contributed by atoms with van der Waals surface area (Å²) in [5, 5.41) is 3.78. The number of carbonyl (C=O) groups excluding carboxylic acids is 1. The number of benzene rings is 2. The maximum absolute atomic E-state index is 11.2. The third kappa shape index (κ3) is 2.98. The lowest BCUT2D eigenvalue weighted by Gasteiger charge is -2.13. The van der Waals surface area contributed by atoms with Crippen LogP contribution in [0.4, 0.5) is 17.1 Å². The van der Waals surface area contributed by atoms with Crippen molar-refractivity contribution in [2.24, 2.45) is 5.73 Å². The fourth-order valence-electron chi connectivity index (χ4n) is 1.69. The predicted molar refractivity (Wildman–Crippen MR) is 78.8 cm³/mol. The Hall–Kier alpha value is -2.20. The fraction of sp³-hybridized carbons (Fsp3) is 0.0714. The summed E-state index contributed by atoms with van der Waals surface area (Å²) in [6, 6.07) is 10.4. The molecule has 0 saturated heterocycles. The number of anilines is 3. The van der Waals surface area contributed by atoms with Gasteiger partial charge in [-0.3, -0.25) is 4.79 Å². The van der Waals surface area contributed by atoms with Crippen LogP contribution in [0.25, 0.3) is 0 Å². The number of primary amides is 1. The normalized spacial score (nSPS) is 10.2. The molecule has 2 aromatic carbocycles. The van der Waals surface area contributed by atoms with Crippen LogP contribution in [-0.4, -0.2) is 5.91 Å². The molecule has 0 aliphatic carbocycles. The number of nitrogens with one attached hydrogen (secondary N) is 1. The Morgan fingerprint density at radius 3 is 2.58 bits per heavy atom. The van der Waals surface area contributed by atoms with Crippen molar-refractivity contribution < 1.29 is 4.79 Å². The van der Waals surface area contributed by atoms with Gasteiger partial charge < -0.3 is 16.8 Å². The minimum atomic E-state index is -0.495. The number of nitrogen functional groups attached to an aromatic ring is 1. The highest BCUT2D eigenvalue weighted by Crippen LogP contribution is 2.28. The number of rotatable bonds is 3. The number of carbonyl (C=O) groups is 1. The van der Waals surface area contributed by atoms with Crippen molar-refractivity contribution >= 4 is 34.6 Å². The summed E-state index contributed by atoms with van der Waals surface area (Å²) in [7, 11) is 0. The molecule has 4 nitrogen and oxygen atoms in total.